The second kappa shape index (κ2) is 19.6. The molecule has 26 heavy (non-hydrogen) atoms. The first-order valence-electron chi connectivity index (χ1n) is 9.63. The lowest BCUT2D eigenvalue weighted by Crippen LogP contribution is -2.43. The minimum Gasteiger partial charge on any atom is -0.377 e. The Morgan fingerprint density at radius 2 is 0.923 bits per heavy atom. The quantitative estimate of drug-likeness (QED) is 0.0987. The van der Waals surface area contributed by atoms with Gasteiger partial charge >= 0.3 is 8.80 Å². The van der Waals surface area contributed by atoms with E-state index in [2.05, 4.69) is 26.6 Å². The molecule has 0 aromatic heterocycles. The van der Waals surface area contributed by atoms with E-state index in [4.69, 9.17) is 19.0 Å². The summed E-state index contributed by atoms with van der Waals surface area (Å²) < 4.78 is 16.2. The molecule has 158 valence electrons. The van der Waals surface area contributed by atoms with Crippen molar-refractivity contribution in [2.75, 3.05) is 93.3 Å². The minimum absolute atomic E-state index is 0.696. The zero-order chi connectivity index (χ0) is 19.3. The maximum Gasteiger partial charge on any atom is 0.500 e. The predicted molar refractivity (Wildman–Crippen MR) is 110 cm³/mol. The Bertz CT molecular complexity index is 280. The van der Waals surface area contributed by atoms with Gasteiger partial charge < -0.3 is 45.6 Å². The number of hydrogen-bond acceptors (Lipinski definition) is 9. The zero-order valence-electron chi connectivity index (χ0n) is 17.0. The molecule has 0 unspecified atom stereocenters. The summed E-state index contributed by atoms with van der Waals surface area (Å²) in [5.41, 5.74) is 5.41. The minimum atomic E-state index is -2.40. The van der Waals surface area contributed by atoms with Crippen molar-refractivity contribution < 1.29 is 13.3 Å². The van der Waals surface area contributed by atoms with Crippen LogP contribution < -0.4 is 32.3 Å². The molecule has 0 saturated carbocycles. The van der Waals surface area contributed by atoms with E-state index in [1.807, 2.05) is 0 Å². The molecule has 0 heterocycles. The number of hydrogen-bond donors (Lipinski definition) is 6. The lowest BCUT2D eigenvalue weighted by atomic mass is 10.4. The van der Waals surface area contributed by atoms with Crippen LogP contribution >= 0.6 is 0 Å². The van der Waals surface area contributed by atoms with Crippen molar-refractivity contribution in [2.24, 2.45) is 5.73 Å². The fourth-order valence-corrected chi connectivity index (χ4v) is 4.14. The van der Waals surface area contributed by atoms with Crippen molar-refractivity contribution >= 4 is 8.80 Å². The highest BCUT2D eigenvalue weighted by Gasteiger charge is 2.36. The van der Waals surface area contributed by atoms with Crippen LogP contribution in [0.25, 0.3) is 0 Å². The van der Waals surface area contributed by atoms with Gasteiger partial charge in [0.25, 0.3) is 0 Å². The zero-order valence-corrected chi connectivity index (χ0v) is 18.0. The summed E-state index contributed by atoms with van der Waals surface area (Å²) in [4.78, 5) is 0. The van der Waals surface area contributed by atoms with Gasteiger partial charge in [-0.2, -0.15) is 0 Å². The van der Waals surface area contributed by atoms with Crippen molar-refractivity contribution in [1.82, 2.24) is 26.6 Å². The molecule has 7 N–H and O–H groups in total. The molecule has 0 atom stereocenters. The molecular formula is C16H42N6O3Si. The highest BCUT2D eigenvalue weighted by molar-refractivity contribution is 6.60. The van der Waals surface area contributed by atoms with Crippen molar-refractivity contribution in [3.8, 4) is 0 Å². The van der Waals surface area contributed by atoms with Gasteiger partial charge in [0.05, 0.1) is 0 Å². The molecule has 0 aliphatic heterocycles. The molecule has 0 aliphatic carbocycles. The average Bonchev–Trinajstić information content (AvgIpc) is 2.68. The van der Waals surface area contributed by atoms with Gasteiger partial charge in [0.1, 0.15) is 0 Å². The first-order valence-corrected chi connectivity index (χ1v) is 11.6. The Morgan fingerprint density at radius 3 is 1.27 bits per heavy atom. The van der Waals surface area contributed by atoms with Crippen molar-refractivity contribution in [3.63, 3.8) is 0 Å². The molecule has 0 amide bonds. The van der Waals surface area contributed by atoms with Crippen LogP contribution in [0.1, 0.15) is 6.42 Å². The number of rotatable bonds is 21. The second-order valence-electron chi connectivity index (χ2n) is 5.94. The summed E-state index contributed by atoms with van der Waals surface area (Å²) in [5, 5.41) is 16.9. The number of nitrogens with two attached hydrogens (primary N) is 1. The Hall–Kier alpha value is -0.143. The summed E-state index contributed by atoms with van der Waals surface area (Å²) in [6.45, 7) is 10.3. The van der Waals surface area contributed by atoms with Crippen LogP contribution in [0.4, 0.5) is 0 Å². The van der Waals surface area contributed by atoms with Crippen LogP contribution in [0.3, 0.4) is 0 Å². The van der Waals surface area contributed by atoms with E-state index in [0.717, 1.165) is 77.9 Å². The van der Waals surface area contributed by atoms with Crippen molar-refractivity contribution in [1.29, 1.82) is 0 Å². The third-order valence-corrected chi connectivity index (χ3v) is 6.84. The highest BCUT2D eigenvalue weighted by atomic mass is 28.4. The van der Waals surface area contributed by atoms with Gasteiger partial charge in [-0.25, -0.2) is 0 Å². The van der Waals surface area contributed by atoms with Gasteiger partial charge in [-0.05, 0) is 13.0 Å². The monoisotopic (exact) mass is 394 g/mol. The fourth-order valence-electron chi connectivity index (χ4n) is 2.42. The van der Waals surface area contributed by atoms with Gasteiger partial charge in [0.15, 0.2) is 0 Å². The Morgan fingerprint density at radius 1 is 0.577 bits per heavy atom. The lowest BCUT2D eigenvalue weighted by Gasteiger charge is -2.24. The fraction of sp³-hybridized carbons (Fsp3) is 1.00. The topological polar surface area (TPSA) is 114 Å². The molecule has 10 heteroatoms. The Kier molecular flexibility index (Phi) is 19.5. The molecule has 0 bridgehead atoms. The lowest BCUT2D eigenvalue weighted by molar-refractivity contribution is 0.123. The molecule has 0 aromatic carbocycles. The predicted octanol–water partition coefficient (Wildman–Crippen LogP) is -1.84. The van der Waals surface area contributed by atoms with E-state index in [1.54, 1.807) is 21.3 Å². The largest absolute Gasteiger partial charge is 0.500 e. The summed E-state index contributed by atoms with van der Waals surface area (Å²) in [7, 11) is 2.56. The van der Waals surface area contributed by atoms with Gasteiger partial charge in [-0.1, -0.05) is 0 Å². The van der Waals surface area contributed by atoms with Crippen molar-refractivity contribution in [2.45, 2.75) is 12.5 Å². The highest BCUT2D eigenvalue weighted by Crippen LogP contribution is 2.14. The van der Waals surface area contributed by atoms with Crippen LogP contribution in [-0.2, 0) is 13.3 Å². The second-order valence-corrected chi connectivity index (χ2v) is 9.03. The van der Waals surface area contributed by atoms with Crippen LogP contribution in [0.5, 0.6) is 0 Å². The summed E-state index contributed by atoms with van der Waals surface area (Å²) in [5.74, 6) is 0. The molecule has 0 rings (SSSR count). The van der Waals surface area contributed by atoms with Crippen LogP contribution in [0, 0.1) is 0 Å². The van der Waals surface area contributed by atoms with E-state index in [0.29, 0.717) is 6.54 Å². The molecule has 0 aromatic rings. The summed E-state index contributed by atoms with van der Waals surface area (Å²) in [6.07, 6.45) is 0.984. The van der Waals surface area contributed by atoms with Crippen LogP contribution in [0.15, 0.2) is 0 Å². The van der Waals surface area contributed by atoms with Gasteiger partial charge in [0.2, 0.25) is 0 Å². The normalized spacial score (nSPS) is 12.0. The summed E-state index contributed by atoms with van der Waals surface area (Å²) in [6, 6.07) is 0.831. The molecule has 0 radical (unpaired) electrons. The summed E-state index contributed by atoms with van der Waals surface area (Å²) >= 11 is 0. The first kappa shape index (κ1) is 25.9. The van der Waals surface area contributed by atoms with Crippen molar-refractivity contribution in [3.05, 3.63) is 0 Å². The third kappa shape index (κ3) is 15.0. The Balaban J connectivity index is 3.20. The molecule has 9 nitrogen and oxygen atoms in total. The number of nitrogens with one attached hydrogen (secondary N) is 5. The van der Waals surface area contributed by atoms with E-state index in [1.165, 1.54) is 0 Å². The molecular weight excluding hydrogens is 352 g/mol. The van der Waals surface area contributed by atoms with Gasteiger partial charge in [-0.3, -0.25) is 0 Å². The van der Waals surface area contributed by atoms with E-state index in [9.17, 15) is 0 Å². The maximum absolute atomic E-state index is 5.41. The molecule has 0 fully saturated rings. The average molecular weight is 395 g/mol. The third-order valence-electron chi connectivity index (χ3n) is 4.00. The molecule has 0 saturated heterocycles. The first-order chi connectivity index (χ1) is 12.7. The van der Waals surface area contributed by atoms with Gasteiger partial charge in [-0.15, -0.1) is 0 Å². The van der Waals surface area contributed by atoms with E-state index in [-0.39, 0.29) is 0 Å². The van der Waals surface area contributed by atoms with Crippen LogP contribution in [-0.4, -0.2) is 102 Å². The smallest absolute Gasteiger partial charge is 0.377 e. The maximum atomic E-state index is 5.41. The molecule has 0 aliphatic rings. The SMILES string of the molecule is CO[Si](CCCNCCNCCNCCNCCNCCN)(OC)OC. The van der Waals surface area contributed by atoms with E-state index < -0.39 is 8.80 Å². The van der Waals surface area contributed by atoms with Crippen LogP contribution in [0.2, 0.25) is 6.04 Å². The van der Waals surface area contributed by atoms with Gasteiger partial charge in [0, 0.05) is 92.8 Å². The Labute approximate surface area is 160 Å². The standard InChI is InChI=1S/C16H42N6O3Si/c1-23-26(24-2,25-3)16-4-6-18-8-10-20-12-14-22-15-13-21-11-9-19-7-5-17/h18-22H,4-17H2,1-3H3. The molecule has 0 spiro atoms. The van der Waals surface area contributed by atoms with E-state index >= 15 is 0 Å².